The van der Waals surface area contributed by atoms with Gasteiger partial charge in [0.05, 0.1) is 5.02 Å². The van der Waals surface area contributed by atoms with Gasteiger partial charge in [0, 0.05) is 19.3 Å². The Morgan fingerprint density at radius 2 is 2.00 bits per heavy atom. The molecule has 0 aliphatic carbocycles. The lowest BCUT2D eigenvalue weighted by molar-refractivity contribution is -0.123. The summed E-state index contributed by atoms with van der Waals surface area (Å²) in [6.45, 7) is 0.731. The van der Waals surface area contributed by atoms with Gasteiger partial charge in [0.2, 0.25) is 0 Å². The zero-order chi connectivity index (χ0) is 17.6. The van der Waals surface area contributed by atoms with Gasteiger partial charge in [0.1, 0.15) is 5.75 Å². The minimum absolute atomic E-state index is 0.113. The van der Waals surface area contributed by atoms with Gasteiger partial charge in [-0.1, -0.05) is 29.8 Å². The molecule has 1 aromatic carbocycles. The number of benzene rings is 1. The van der Waals surface area contributed by atoms with Crippen molar-refractivity contribution in [2.24, 2.45) is 0 Å². The predicted octanol–water partition coefficient (Wildman–Crippen LogP) is 1.73. The maximum atomic E-state index is 12.1. The van der Waals surface area contributed by atoms with E-state index >= 15 is 0 Å². The number of hydrogen-bond acceptors (Lipinski definition) is 4. The van der Waals surface area contributed by atoms with E-state index in [9.17, 15) is 9.59 Å². The van der Waals surface area contributed by atoms with Crippen molar-refractivity contribution in [2.75, 3.05) is 13.2 Å². The number of nitrogens with one attached hydrogen (secondary N) is 1. The highest BCUT2D eigenvalue weighted by atomic mass is 35.5. The van der Waals surface area contributed by atoms with Crippen LogP contribution in [0.1, 0.15) is 6.42 Å². The van der Waals surface area contributed by atoms with Crippen molar-refractivity contribution in [3.63, 3.8) is 0 Å². The Hall–Kier alpha value is -2.80. The van der Waals surface area contributed by atoms with Gasteiger partial charge in [-0.3, -0.25) is 9.20 Å². The first-order valence-electron chi connectivity index (χ1n) is 7.83. The van der Waals surface area contributed by atoms with Crippen molar-refractivity contribution in [3.8, 4) is 5.75 Å². The molecule has 0 spiro atoms. The maximum Gasteiger partial charge on any atom is 0.350 e. The van der Waals surface area contributed by atoms with Crippen LogP contribution in [0.4, 0.5) is 0 Å². The number of rotatable bonds is 7. The topological polar surface area (TPSA) is 77.6 Å². The van der Waals surface area contributed by atoms with Crippen LogP contribution in [0.2, 0.25) is 5.02 Å². The molecule has 0 aliphatic heterocycles. The number of carbonyl (C=O) groups is 1. The highest BCUT2D eigenvalue weighted by molar-refractivity contribution is 6.32. The molecule has 130 valence electrons. The maximum absolute atomic E-state index is 12.1. The molecule has 0 radical (unpaired) electrons. The zero-order valence-corrected chi connectivity index (χ0v) is 14.1. The molecule has 0 unspecified atom stereocenters. The molecule has 2 aromatic heterocycles. The molecule has 1 amide bonds. The lowest BCUT2D eigenvalue weighted by atomic mass is 10.3. The summed E-state index contributed by atoms with van der Waals surface area (Å²) in [7, 11) is 0. The number of aryl methyl sites for hydroxylation is 1. The first-order valence-corrected chi connectivity index (χ1v) is 8.21. The molecule has 0 saturated heterocycles. The molecule has 3 rings (SSSR count). The van der Waals surface area contributed by atoms with Crippen molar-refractivity contribution in [2.45, 2.75) is 13.0 Å². The summed E-state index contributed by atoms with van der Waals surface area (Å²) in [5.74, 6) is 0.220. The highest BCUT2D eigenvalue weighted by Crippen LogP contribution is 2.22. The molecular formula is C17H17ClN4O3. The van der Waals surface area contributed by atoms with Gasteiger partial charge < -0.3 is 10.1 Å². The van der Waals surface area contributed by atoms with Crippen LogP contribution in [0.15, 0.2) is 53.5 Å². The zero-order valence-electron chi connectivity index (χ0n) is 13.4. The monoisotopic (exact) mass is 360 g/mol. The normalized spacial score (nSPS) is 10.8. The fraction of sp³-hybridized carbons (Fsp3) is 0.235. The molecular weight excluding hydrogens is 344 g/mol. The van der Waals surface area contributed by atoms with Crippen LogP contribution >= 0.6 is 11.6 Å². The smallest absolute Gasteiger partial charge is 0.350 e. The second-order valence-corrected chi connectivity index (χ2v) is 5.76. The summed E-state index contributed by atoms with van der Waals surface area (Å²) in [5.41, 5.74) is 0.411. The largest absolute Gasteiger partial charge is 0.482 e. The van der Waals surface area contributed by atoms with Crippen LogP contribution in [0.3, 0.4) is 0 Å². The lowest BCUT2D eigenvalue weighted by Crippen LogP contribution is -2.31. The lowest BCUT2D eigenvalue weighted by Gasteiger charge is -2.08. The van der Waals surface area contributed by atoms with Crippen LogP contribution in [-0.4, -0.2) is 33.2 Å². The summed E-state index contributed by atoms with van der Waals surface area (Å²) in [5, 5.41) is 7.43. The van der Waals surface area contributed by atoms with Crippen molar-refractivity contribution < 1.29 is 9.53 Å². The number of hydrogen-bond donors (Lipinski definition) is 1. The molecule has 0 saturated carbocycles. The Balaban J connectivity index is 1.43. The summed E-state index contributed by atoms with van der Waals surface area (Å²) in [6.07, 6.45) is 2.26. The van der Waals surface area contributed by atoms with E-state index in [4.69, 9.17) is 16.3 Å². The Bertz CT molecular complexity index is 935. The van der Waals surface area contributed by atoms with Gasteiger partial charge in [-0.05, 0) is 30.7 Å². The third-order valence-electron chi connectivity index (χ3n) is 3.55. The quantitative estimate of drug-likeness (QED) is 0.651. The summed E-state index contributed by atoms with van der Waals surface area (Å²) < 4.78 is 8.23. The second-order valence-electron chi connectivity index (χ2n) is 5.36. The van der Waals surface area contributed by atoms with Crippen LogP contribution in [0, 0.1) is 0 Å². The van der Waals surface area contributed by atoms with Gasteiger partial charge in [0.25, 0.3) is 5.91 Å². The molecule has 1 N–H and O–H groups in total. The molecule has 0 fully saturated rings. The third kappa shape index (κ3) is 4.19. The summed E-state index contributed by atoms with van der Waals surface area (Å²) in [4.78, 5) is 23.9. The van der Waals surface area contributed by atoms with Gasteiger partial charge in [-0.2, -0.15) is 0 Å². The first kappa shape index (κ1) is 17.0. The van der Waals surface area contributed by atoms with E-state index in [0.29, 0.717) is 35.9 Å². The third-order valence-corrected chi connectivity index (χ3v) is 3.86. The number of fused-ring (bicyclic) bond motifs is 1. The van der Waals surface area contributed by atoms with Crippen molar-refractivity contribution >= 4 is 23.2 Å². The first-order chi connectivity index (χ1) is 12.1. The molecule has 25 heavy (non-hydrogen) atoms. The number of amides is 1. The van der Waals surface area contributed by atoms with Crippen LogP contribution in [-0.2, 0) is 11.3 Å². The number of carbonyl (C=O) groups excluding carboxylic acids is 1. The predicted molar refractivity (Wildman–Crippen MR) is 94.0 cm³/mol. The van der Waals surface area contributed by atoms with Gasteiger partial charge >= 0.3 is 5.69 Å². The van der Waals surface area contributed by atoms with Crippen molar-refractivity contribution in [1.29, 1.82) is 0 Å². The Labute approximate surface area is 148 Å². The number of para-hydroxylation sites is 1. The van der Waals surface area contributed by atoms with E-state index in [1.54, 1.807) is 42.6 Å². The van der Waals surface area contributed by atoms with Gasteiger partial charge in [0.15, 0.2) is 12.3 Å². The Morgan fingerprint density at radius 1 is 1.20 bits per heavy atom. The van der Waals surface area contributed by atoms with E-state index in [2.05, 4.69) is 10.4 Å². The fourth-order valence-corrected chi connectivity index (χ4v) is 2.52. The number of halogens is 1. The molecule has 0 bridgehead atoms. The van der Waals surface area contributed by atoms with Crippen LogP contribution in [0.5, 0.6) is 5.75 Å². The Kier molecular flexibility index (Phi) is 5.35. The van der Waals surface area contributed by atoms with E-state index in [-0.39, 0.29) is 18.2 Å². The van der Waals surface area contributed by atoms with E-state index in [1.165, 1.54) is 9.08 Å². The standard InChI is InChI=1S/C17H17ClN4O3/c18-13-6-1-2-7-14(13)25-12-16(23)19-9-5-11-22-17(24)21-10-4-3-8-15(21)20-22/h1-4,6-8,10H,5,9,11-12H2,(H,19,23). The average molecular weight is 361 g/mol. The van der Waals surface area contributed by atoms with E-state index in [0.717, 1.165) is 0 Å². The number of nitrogens with zero attached hydrogens (tertiary/aromatic N) is 3. The minimum Gasteiger partial charge on any atom is -0.482 e. The van der Waals surface area contributed by atoms with E-state index in [1.807, 2.05) is 6.07 Å². The molecule has 7 nitrogen and oxygen atoms in total. The second kappa shape index (κ2) is 7.85. The van der Waals surface area contributed by atoms with Crippen LogP contribution < -0.4 is 15.7 Å². The molecule has 2 heterocycles. The minimum atomic E-state index is -0.248. The van der Waals surface area contributed by atoms with E-state index < -0.39 is 0 Å². The molecule has 3 aromatic rings. The fourth-order valence-electron chi connectivity index (χ4n) is 2.33. The number of aromatic nitrogens is 3. The number of pyridine rings is 1. The average Bonchev–Trinajstić information content (AvgIpc) is 2.94. The van der Waals surface area contributed by atoms with Crippen molar-refractivity contribution in [3.05, 3.63) is 64.2 Å². The van der Waals surface area contributed by atoms with Crippen LogP contribution in [0.25, 0.3) is 5.65 Å². The number of ether oxygens (including phenoxy) is 1. The summed E-state index contributed by atoms with van der Waals surface area (Å²) in [6, 6.07) is 12.3. The molecule has 8 heteroatoms. The highest BCUT2D eigenvalue weighted by Gasteiger charge is 2.07. The summed E-state index contributed by atoms with van der Waals surface area (Å²) >= 11 is 5.95. The molecule has 0 atom stereocenters. The van der Waals surface area contributed by atoms with Gasteiger partial charge in [-0.15, -0.1) is 5.10 Å². The Morgan fingerprint density at radius 3 is 2.80 bits per heavy atom. The van der Waals surface area contributed by atoms with Gasteiger partial charge in [-0.25, -0.2) is 9.48 Å². The SMILES string of the molecule is O=C(COc1ccccc1Cl)NCCCn1nc2ccccn2c1=O. The molecule has 0 aliphatic rings. The van der Waals surface area contributed by atoms with Crippen molar-refractivity contribution in [1.82, 2.24) is 19.5 Å².